The molecule has 0 atom stereocenters. The molecule has 28 heavy (non-hydrogen) atoms. The molecular formula is C22H26FN3O2. The van der Waals surface area contributed by atoms with E-state index in [1.807, 2.05) is 0 Å². The second-order valence-corrected chi connectivity index (χ2v) is 7.41. The van der Waals surface area contributed by atoms with Gasteiger partial charge in [0, 0.05) is 31.1 Å². The minimum absolute atomic E-state index is 0.212. The number of rotatable bonds is 6. The van der Waals surface area contributed by atoms with E-state index in [1.54, 1.807) is 7.05 Å². The van der Waals surface area contributed by atoms with Crippen LogP contribution in [0.2, 0.25) is 0 Å². The molecule has 0 amide bonds. The van der Waals surface area contributed by atoms with Crippen LogP contribution in [-0.4, -0.2) is 32.9 Å². The second kappa shape index (κ2) is 8.19. The molecule has 1 heterocycles. The third-order valence-electron chi connectivity index (χ3n) is 5.50. The van der Waals surface area contributed by atoms with Crippen molar-refractivity contribution in [3.8, 4) is 5.75 Å². The summed E-state index contributed by atoms with van der Waals surface area (Å²) in [4.78, 5) is 4.32. The Morgan fingerprint density at radius 2 is 2.00 bits per heavy atom. The lowest BCUT2D eigenvalue weighted by Crippen LogP contribution is -2.42. The van der Waals surface area contributed by atoms with E-state index in [0.717, 1.165) is 29.4 Å². The normalized spacial score (nSPS) is 17.4. The Labute approximate surface area is 165 Å². The van der Waals surface area contributed by atoms with Gasteiger partial charge in [-0.1, -0.05) is 30.3 Å². The highest BCUT2D eigenvalue weighted by molar-refractivity contribution is 5.79. The van der Waals surface area contributed by atoms with Gasteiger partial charge in [-0.25, -0.2) is 4.39 Å². The van der Waals surface area contributed by atoms with Crippen LogP contribution in [0.15, 0.2) is 47.5 Å². The number of ether oxygens (including phenoxy) is 2. The molecule has 0 unspecified atom stereocenters. The number of nitrogens with zero attached hydrogens (tertiary/aromatic N) is 1. The standard InChI is InChI=1S/C22H26FN3O2/c1-24-21(26-14-22(8-9-22)18-5-3-2-4-6-18)25-10-7-16-11-19(23)12-17-13-27-15-28-20(16)17/h2-6,11-12H,7-10,13-15H2,1H3,(H2,24,25,26). The number of hydrogen-bond acceptors (Lipinski definition) is 3. The molecule has 0 saturated heterocycles. The molecule has 2 aromatic carbocycles. The SMILES string of the molecule is CN=C(NCCc1cc(F)cc2c1OCOC2)NCC1(c2ccccc2)CC1. The van der Waals surface area contributed by atoms with Crippen LogP contribution >= 0.6 is 0 Å². The molecule has 2 aromatic rings. The summed E-state index contributed by atoms with van der Waals surface area (Å²) in [5.74, 6) is 1.25. The van der Waals surface area contributed by atoms with Gasteiger partial charge in [-0.15, -0.1) is 0 Å². The summed E-state index contributed by atoms with van der Waals surface area (Å²) >= 11 is 0. The average Bonchev–Trinajstić information content (AvgIpc) is 3.52. The third-order valence-corrected chi connectivity index (χ3v) is 5.50. The van der Waals surface area contributed by atoms with Gasteiger partial charge in [0.25, 0.3) is 0 Å². The van der Waals surface area contributed by atoms with Gasteiger partial charge in [0.2, 0.25) is 0 Å². The second-order valence-electron chi connectivity index (χ2n) is 7.41. The molecule has 1 saturated carbocycles. The Bertz CT molecular complexity index is 850. The summed E-state index contributed by atoms with van der Waals surface area (Å²) in [6.07, 6.45) is 3.02. The van der Waals surface area contributed by atoms with E-state index in [4.69, 9.17) is 9.47 Å². The molecule has 5 nitrogen and oxygen atoms in total. The van der Waals surface area contributed by atoms with E-state index < -0.39 is 0 Å². The van der Waals surface area contributed by atoms with Crippen molar-refractivity contribution in [3.05, 3.63) is 65.0 Å². The van der Waals surface area contributed by atoms with E-state index >= 15 is 0 Å². The number of fused-ring (bicyclic) bond motifs is 1. The summed E-state index contributed by atoms with van der Waals surface area (Å²) in [7, 11) is 1.77. The van der Waals surface area contributed by atoms with Gasteiger partial charge < -0.3 is 20.1 Å². The van der Waals surface area contributed by atoms with E-state index in [0.29, 0.717) is 19.6 Å². The molecule has 2 N–H and O–H groups in total. The lowest BCUT2D eigenvalue weighted by atomic mass is 9.96. The van der Waals surface area contributed by atoms with Crippen LogP contribution in [0.1, 0.15) is 29.5 Å². The predicted octanol–water partition coefficient (Wildman–Crippen LogP) is 3.13. The van der Waals surface area contributed by atoms with Gasteiger partial charge in [0.05, 0.1) is 6.61 Å². The van der Waals surface area contributed by atoms with Crippen molar-refractivity contribution in [2.45, 2.75) is 31.3 Å². The first-order chi connectivity index (χ1) is 13.7. The van der Waals surface area contributed by atoms with Crippen LogP contribution in [0.5, 0.6) is 5.75 Å². The number of halogens is 1. The number of benzene rings is 2. The van der Waals surface area contributed by atoms with Crippen LogP contribution in [-0.2, 0) is 23.2 Å². The number of aliphatic imine (C=N–C) groups is 1. The summed E-state index contributed by atoms with van der Waals surface area (Å²) < 4.78 is 24.7. The minimum atomic E-state index is -0.260. The minimum Gasteiger partial charge on any atom is -0.467 e. The van der Waals surface area contributed by atoms with Gasteiger partial charge >= 0.3 is 0 Å². The number of guanidine groups is 1. The van der Waals surface area contributed by atoms with Crippen molar-refractivity contribution in [3.63, 3.8) is 0 Å². The summed E-state index contributed by atoms with van der Waals surface area (Å²) in [5.41, 5.74) is 3.21. The van der Waals surface area contributed by atoms with Crippen molar-refractivity contribution >= 4 is 5.96 Å². The van der Waals surface area contributed by atoms with Crippen molar-refractivity contribution in [2.75, 3.05) is 26.9 Å². The molecule has 0 spiro atoms. The first kappa shape index (κ1) is 18.7. The Hall–Kier alpha value is -2.60. The predicted molar refractivity (Wildman–Crippen MR) is 107 cm³/mol. The highest BCUT2D eigenvalue weighted by Crippen LogP contribution is 2.47. The van der Waals surface area contributed by atoms with Crippen LogP contribution < -0.4 is 15.4 Å². The fourth-order valence-corrected chi connectivity index (χ4v) is 3.74. The summed E-state index contributed by atoms with van der Waals surface area (Å²) in [6.45, 7) is 2.09. The van der Waals surface area contributed by atoms with E-state index in [9.17, 15) is 4.39 Å². The van der Waals surface area contributed by atoms with Gasteiger partial charge in [-0.2, -0.15) is 0 Å². The highest BCUT2D eigenvalue weighted by atomic mass is 19.1. The lowest BCUT2D eigenvalue weighted by Gasteiger charge is -2.21. The van der Waals surface area contributed by atoms with Gasteiger partial charge in [-0.3, -0.25) is 4.99 Å². The van der Waals surface area contributed by atoms with Crippen LogP contribution in [0.3, 0.4) is 0 Å². The molecule has 4 rings (SSSR count). The maximum absolute atomic E-state index is 13.9. The maximum atomic E-state index is 13.9. The average molecular weight is 383 g/mol. The Kier molecular flexibility index (Phi) is 5.48. The zero-order valence-electron chi connectivity index (χ0n) is 16.1. The van der Waals surface area contributed by atoms with Gasteiger partial charge in [0.15, 0.2) is 12.8 Å². The summed E-state index contributed by atoms with van der Waals surface area (Å²) in [6, 6.07) is 13.6. The fraction of sp³-hybridized carbons (Fsp3) is 0.409. The Morgan fingerprint density at radius 1 is 1.18 bits per heavy atom. The molecule has 0 bridgehead atoms. The van der Waals surface area contributed by atoms with Gasteiger partial charge in [0.1, 0.15) is 11.6 Å². The van der Waals surface area contributed by atoms with Crippen molar-refractivity contribution < 1.29 is 13.9 Å². The molecule has 2 aliphatic rings. The van der Waals surface area contributed by atoms with Crippen molar-refractivity contribution in [2.24, 2.45) is 4.99 Å². The van der Waals surface area contributed by atoms with Crippen LogP contribution in [0.25, 0.3) is 0 Å². The van der Waals surface area contributed by atoms with Crippen molar-refractivity contribution in [1.29, 1.82) is 0 Å². The van der Waals surface area contributed by atoms with Crippen molar-refractivity contribution in [1.82, 2.24) is 10.6 Å². The summed E-state index contributed by atoms with van der Waals surface area (Å²) in [5, 5.41) is 6.77. The Balaban J connectivity index is 1.32. The smallest absolute Gasteiger partial charge is 0.191 e. The molecule has 148 valence electrons. The zero-order valence-corrected chi connectivity index (χ0v) is 16.1. The molecule has 1 aliphatic carbocycles. The fourth-order valence-electron chi connectivity index (χ4n) is 3.74. The lowest BCUT2D eigenvalue weighted by molar-refractivity contribution is -0.0172. The monoisotopic (exact) mass is 383 g/mol. The van der Waals surface area contributed by atoms with E-state index in [1.165, 1.54) is 30.5 Å². The first-order valence-corrected chi connectivity index (χ1v) is 9.72. The number of hydrogen-bond donors (Lipinski definition) is 2. The third kappa shape index (κ3) is 4.12. The quantitative estimate of drug-likeness (QED) is 0.594. The van der Waals surface area contributed by atoms with Crippen LogP contribution in [0.4, 0.5) is 4.39 Å². The van der Waals surface area contributed by atoms with E-state index in [-0.39, 0.29) is 18.0 Å². The Morgan fingerprint density at radius 3 is 2.75 bits per heavy atom. The topological polar surface area (TPSA) is 54.9 Å². The molecule has 1 fully saturated rings. The largest absolute Gasteiger partial charge is 0.467 e. The maximum Gasteiger partial charge on any atom is 0.191 e. The molecule has 0 radical (unpaired) electrons. The molecule has 0 aromatic heterocycles. The van der Waals surface area contributed by atoms with Gasteiger partial charge in [-0.05, 0) is 42.5 Å². The van der Waals surface area contributed by atoms with E-state index in [2.05, 4.69) is 46.0 Å². The molecular weight excluding hydrogens is 357 g/mol. The first-order valence-electron chi connectivity index (χ1n) is 9.72. The molecule has 1 aliphatic heterocycles. The highest BCUT2D eigenvalue weighted by Gasteiger charge is 2.43. The number of nitrogens with one attached hydrogen (secondary N) is 2. The zero-order chi connectivity index (χ0) is 19.4. The molecule has 6 heteroatoms. The van der Waals surface area contributed by atoms with Crippen LogP contribution in [0, 0.1) is 5.82 Å².